The Balaban J connectivity index is 1.76. The predicted octanol–water partition coefficient (Wildman–Crippen LogP) is 1.34. The Morgan fingerprint density at radius 1 is 1.23 bits per heavy atom. The zero-order valence-electron chi connectivity index (χ0n) is 13.3. The van der Waals surface area contributed by atoms with Gasteiger partial charge in [-0.2, -0.15) is 9.97 Å². The maximum Gasteiger partial charge on any atom is 0.247 e. The lowest BCUT2D eigenvalue weighted by Gasteiger charge is -2.56. The molecule has 8 heteroatoms. The quantitative estimate of drug-likeness (QED) is 0.880. The van der Waals surface area contributed by atoms with Crippen molar-refractivity contribution in [3.63, 3.8) is 0 Å². The Morgan fingerprint density at radius 3 is 2.50 bits per heavy atom. The molecule has 1 saturated carbocycles. The number of ether oxygens (including phenoxy) is 1. The SMILES string of the molecule is CCOC1CC(N)(c2nc(Cc3noc(C)n3)no2)C1(C)C. The van der Waals surface area contributed by atoms with E-state index in [2.05, 4.69) is 34.1 Å². The third-order valence-corrected chi connectivity index (χ3v) is 4.57. The van der Waals surface area contributed by atoms with Gasteiger partial charge in [0.05, 0.1) is 12.5 Å². The molecule has 0 bridgehead atoms. The molecular formula is C14H21N5O3. The number of hydrogen-bond acceptors (Lipinski definition) is 8. The lowest BCUT2D eigenvalue weighted by atomic mass is 9.54. The first-order chi connectivity index (χ1) is 10.4. The molecule has 2 atom stereocenters. The molecule has 8 nitrogen and oxygen atoms in total. The fourth-order valence-electron chi connectivity index (χ4n) is 2.86. The van der Waals surface area contributed by atoms with Gasteiger partial charge >= 0.3 is 0 Å². The molecule has 1 aliphatic carbocycles. The van der Waals surface area contributed by atoms with Crippen molar-refractivity contribution >= 4 is 0 Å². The van der Waals surface area contributed by atoms with E-state index >= 15 is 0 Å². The summed E-state index contributed by atoms with van der Waals surface area (Å²) in [6.45, 7) is 8.49. The van der Waals surface area contributed by atoms with E-state index in [1.165, 1.54) is 0 Å². The average molecular weight is 307 g/mol. The zero-order valence-corrected chi connectivity index (χ0v) is 13.3. The standard InChI is InChI=1S/C14H21N5O3/c1-5-20-9-7-14(15,13(9,3)4)12-17-11(19-22-12)6-10-16-8(2)21-18-10/h9H,5-7,15H2,1-4H3. The molecule has 0 radical (unpaired) electrons. The first-order valence-electron chi connectivity index (χ1n) is 7.39. The molecule has 2 aromatic rings. The number of aromatic nitrogens is 4. The first kappa shape index (κ1) is 15.1. The summed E-state index contributed by atoms with van der Waals surface area (Å²) in [6.07, 6.45) is 1.11. The van der Waals surface area contributed by atoms with Crippen LogP contribution in [0.4, 0.5) is 0 Å². The van der Waals surface area contributed by atoms with Gasteiger partial charge < -0.3 is 19.5 Å². The Kier molecular flexibility index (Phi) is 3.53. The summed E-state index contributed by atoms with van der Waals surface area (Å²) >= 11 is 0. The number of nitrogens with zero attached hydrogens (tertiary/aromatic N) is 4. The van der Waals surface area contributed by atoms with E-state index in [0.717, 1.165) is 0 Å². The highest BCUT2D eigenvalue weighted by atomic mass is 16.5. The fourth-order valence-corrected chi connectivity index (χ4v) is 2.86. The minimum absolute atomic E-state index is 0.0951. The molecule has 0 aromatic carbocycles. The molecule has 22 heavy (non-hydrogen) atoms. The summed E-state index contributed by atoms with van der Waals surface area (Å²) in [5, 5.41) is 7.80. The molecule has 0 spiro atoms. The van der Waals surface area contributed by atoms with Gasteiger partial charge in [0, 0.05) is 25.4 Å². The van der Waals surface area contributed by atoms with Crippen LogP contribution in [0.5, 0.6) is 0 Å². The van der Waals surface area contributed by atoms with Crippen LogP contribution in [-0.2, 0) is 16.7 Å². The van der Waals surface area contributed by atoms with Crippen LogP contribution in [0, 0.1) is 12.3 Å². The number of nitrogens with two attached hydrogens (primary N) is 1. The normalized spacial score (nSPS) is 26.9. The number of hydrogen-bond donors (Lipinski definition) is 1. The topological polar surface area (TPSA) is 113 Å². The Bertz CT molecular complexity index is 665. The van der Waals surface area contributed by atoms with E-state index in [0.29, 0.717) is 42.9 Å². The minimum Gasteiger partial charge on any atom is -0.378 e. The van der Waals surface area contributed by atoms with Crippen molar-refractivity contribution < 1.29 is 13.8 Å². The molecule has 3 rings (SSSR count). The molecule has 2 aromatic heterocycles. The van der Waals surface area contributed by atoms with Crippen LogP contribution >= 0.6 is 0 Å². The first-order valence-corrected chi connectivity index (χ1v) is 7.39. The molecule has 0 aliphatic heterocycles. The Labute approximate surface area is 128 Å². The van der Waals surface area contributed by atoms with Crippen molar-refractivity contribution in [1.29, 1.82) is 0 Å². The van der Waals surface area contributed by atoms with Crippen molar-refractivity contribution in [3.8, 4) is 0 Å². The maximum absolute atomic E-state index is 6.51. The van der Waals surface area contributed by atoms with E-state index in [4.69, 9.17) is 19.5 Å². The zero-order chi connectivity index (χ0) is 16.0. The summed E-state index contributed by atoms with van der Waals surface area (Å²) in [5.41, 5.74) is 5.56. The highest BCUT2D eigenvalue weighted by molar-refractivity contribution is 5.20. The van der Waals surface area contributed by atoms with E-state index in [9.17, 15) is 0 Å². The average Bonchev–Trinajstić information content (AvgIpc) is 3.08. The monoisotopic (exact) mass is 307 g/mol. The summed E-state index contributed by atoms with van der Waals surface area (Å²) in [7, 11) is 0. The van der Waals surface area contributed by atoms with Crippen molar-refractivity contribution in [2.45, 2.75) is 52.2 Å². The molecular weight excluding hydrogens is 286 g/mol. The van der Waals surface area contributed by atoms with Gasteiger partial charge in [0.15, 0.2) is 11.6 Å². The van der Waals surface area contributed by atoms with Crippen molar-refractivity contribution in [1.82, 2.24) is 20.3 Å². The second kappa shape index (κ2) is 5.13. The van der Waals surface area contributed by atoms with Crippen LogP contribution in [0.3, 0.4) is 0 Å². The molecule has 2 heterocycles. The smallest absolute Gasteiger partial charge is 0.247 e. The minimum atomic E-state index is -0.675. The van der Waals surface area contributed by atoms with Crippen LogP contribution < -0.4 is 5.73 Å². The van der Waals surface area contributed by atoms with Gasteiger partial charge in [-0.1, -0.05) is 24.2 Å². The maximum atomic E-state index is 6.51. The molecule has 0 saturated heterocycles. The summed E-state index contributed by atoms with van der Waals surface area (Å²) in [4.78, 5) is 8.54. The Hall–Kier alpha value is -1.80. The van der Waals surface area contributed by atoms with Gasteiger partial charge in [-0.05, 0) is 6.92 Å². The van der Waals surface area contributed by atoms with Gasteiger partial charge in [-0.3, -0.25) is 0 Å². The molecule has 1 fully saturated rings. The Morgan fingerprint density at radius 2 is 1.91 bits per heavy atom. The third kappa shape index (κ3) is 2.22. The van der Waals surface area contributed by atoms with E-state index in [-0.39, 0.29) is 11.5 Å². The molecule has 0 amide bonds. The van der Waals surface area contributed by atoms with Crippen molar-refractivity contribution in [2.75, 3.05) is 6.61 Å². The lowest BCUT2D eigenvalue weighted by Crippen LogP contribution is -2.67. The van der Waals surface area contributed by atoms with Crippen LogP contribution in [0.15, 0.2) is 9.05 Å². The number of aryl methyl sites for hydroxylation is 1. The summed E-state index contributed by atoms with van der Waals surface area (Å²) in [6, 6.07) is 0. The molecule has 120 valence electrons. The fraction of sp³-hybridized carbons (Fsp3) is 0.714. The van der Waals surface area contributed by atoms with Crippen molar-refractivity contribution in [3.05, 3.63) is 23.4 Å². The largest absolute Gasteiger partial charge is 0.378 e. The van der Waals surface area contributed by atoms with Crippen LogP contribution in [0.1, 0.15) is 50.6 Å². The highest BCUT2D eigenvalue weighted by Crippen LogP contribution is 2.55. The van der Waals surface area contributed by atoms with Gasteiger partial charge in [0.1, 0.15) is 5.54 Å². The number of rotatable bonds is 5. The van der Waals surface area contributed by atoms with Gasteiger partial charge in [0.2, 0.25) is 11.8 Å². The lowest BCUT2D eigenvalue weighted by molar-refractivity contribution is -0.162. The molecule has 1 aliphatic rings. The predicted molar refractivity (Wildman–Crippen MR) is 75.8 cm³/mol. The van der Waals surface area contributed by atoms with Gasteiger partial charge in [0.25, 0.3) is 0 Å². The van der Waals surface area contributed by atoms with E-state index < -0.39 is 5.54 Å². The van der Waals surface area contributed by atoms with Crippen LogP contribution in [0.2, 0.25) is 0 Å². The summed E-state index contributed by atoms with van der Waals surface area (Å²) in [5.74, 6) is 1.96. The third-order valence-electron chi connectivity index (χ3n) is 4.57. The van der Waals surface area contributed by atoms with Crippen LogP contribution in [0.25, 0.3) is 0 Å². The van der Waals surface area contributed by atoms with Gasteiger partial charge in [-0.25, -0.2) is 0 Å². The van der Waals surface area contributed by atoms with Crippen molar-refractivity contribution in [2.24, 2.45) is 11.1 Å². The van der Waals surface area contributed by atoms with E-state index in [1.54, 1.807) is 6.92 Å². The second-order valence-corrected chi connectivity index (χ2v) is 6.26. The highest BCUT2D eigenvalue weighted by Gasteiger charge is 2.62. The van der Waals surface area contributed by atoms with Crippen LogP contribution in [-0.4, -0.2) is 33.0 Å². The summed E-state index contributed by atoms with van der Waals surface area (Å²) < 4.78 is 16.0. The van der Waals surface area contributed by atoms with Gasteiger partial charge in [-0.15, -0.1) is 0 Å². The molecule has 2 unspecified atom stereocenters. The van der Waals surface area contributed by atoms with E-state index in [1.807, 2.05) is 6.92 Å². The molecule has 2 N–H and O–H groups in total. The second-order valence-electron chi connectivity index (χ2n) is 6.26.